The van der Waals surface area contributed by atoms with E-state index in [-0.39, 0.29) is 6.61 Å². The van der Waals surface area contributed by atoms with Crippen molar-refractivity contribution >= 4 is 5.69 Å². The third kappa shape index (κ3) is 2.82. The van der Waals surface area contributed by atoms with Gasteiger partial charge in [-0.25, -0.2) is 0 Å². The number of pyridine rings is 1. The molecule has 0 amide bonds. The lowest BCUT2D eigenvalue weighted by Gasteiger charge is -2.31. The van der Waals surface area contributed by atoms with Crippen LogP contribution in [0.5, 0.6) is 0 Å². The smallest absolute Gasteiger partial charge is 0.0821 e. The second kappa shape index (κ2) is 5.24. The van der Waals surface area contributed by atoms with Crippen LogP contribution >= 0.6 is 0 Å². The second-order valence-corrected chi connectivity index (χ2v) is 5.40. The Bertz CT molecular complexity index is 414. The maximum atomic E-state index is 10.4. The van der Waals surface area contributed by atoms with Crippen molar-refractivity contribution in [1.29, 1.82) is 0 Å². The second-order valence-electron chi connectivity index (χ2n) is 5.40. The molecule has 0 spiro atoms. The first kappa shape index (κ1) is 13.3. The van der Waals surface area contributed by atoms with Crippen LogP contribution in [0.2, 0.25) is 0 Å². The fourth-order valence-corrected chi connectivity index (χ4v) is 2.77. The van der Waals surface area contributed by atoms with E-state index in [1.807, 2.05) is 24.9 Å². The number of aliphatic hydroxyl groups excluding tert-OH is 1. The molecule has 1 aromatic rings. The van der Waals surface area contributed by atoms with Gasteiger partial charge in [-0.3, -0.25) is 4.98 Å². The van der Waals surface area contributed by atoms with Crippen LogP contribution in [0.1, 0.15) is 36.9 Å². The lowest BCUT2D eigenvalue weighted by Crippen LogP contribution is -2.39. The van der Waals surface area contributed by atoms with E-state index in [2.05, 4.69) is 4.98 Å². The molecule has 1 saturated carbocycles. The third-order valence-electron chi connectivity index (χ3n) is 3.75. The Hall–Kier alpha value is -1.13. The molecule has 0 aliphatic heterocycles. The summed E-state index contributed by atoms with van der Waals surface area (Å²) in [5.41, 5.74) is 2.13. The number of aromatic nitrogens is 1. The number of nitrogens with zero attached hydrogens (tertiary/aromatic N) is 2. The van der Waals surface area contributed by atoms with Crippen LogP contribution in [0.25, 0.3) is 0 Å². The van der Waals surface area contributed by atoms with Crippen molar-refractivity contribution in [3.63, 3.8) is 0 Å². The fourth-order valence-electron chi connectivity index (χ4n) is 2.77. The van der Waals surface area contributed by atoms with Gasteiger partial charge in [0.05, 0.1) is 12.2 Å². The molecule has 0 aromatic carbocycles. The van der Waals surface area contributed by atoms with Gasteiger partial charge in [-0.2, -0.15) is 0 Å². The predicted molar refractivity (Wildman–Crippen MR) is 71.6 cm³/mol. The third-order valence-corrected chi connectivity index (χ3v) is 3.75. The van der Waals surface area contributed by atoms with Gasteiger partial charge in [0, 0.05) is 36.7 Å². The Balaban J connectivity index is 2.17. The maximum Gasteiger partial charge on any atom is 0.0821 e. The minimum atomic E-state index is -0.571. The zero-order valence-corrected chi connectivity index (χ0v) is 11.2. The highest BCUT2D eigenvalue weighted by atomic mass is 16.3. The van der Waals surface area contributed by atoms with Crippen LogP contribution in [0.3, 0.4) is 0 Å². The van der Waals surface area contributed by atoms with E-state index < -0.39 is 5.60 Å². The Morgan fingerprint density at radius 2 is 2.06 bits per heavy atom. The zero-order valence-electron chi connectivity index (χ0n) is 11.2. The average molecular weight is 250 g/mol. The molecule has 0 radical (unpaired) electrons. The average Bonchev–Trinajstić information content (AvgIpc) is 2.75. The summed E-state index contributed by atoms with van der Waals surface area (Å²) in [4.78, 5) is 6.23. The summed E-state index contributed by atoms with van der Waals surface area (Å²) in [6, 6.07) is 1.96. The number of hydrogen-bond acceptors (Lipinski definition) is 4. The van der Waals surface area contributed by atoms with Gasteiger partial charge >= 0.3 is 0 Å². The van der Waals surface area contributed by atoms with E-state index in [1.54, 1.807) is 6.20 Å². The normalized spacial score (nSPS) is 18.0. The van der Waals surface area contributed by atoms with E-state index in [4.69, 9.17) is 0 Å². The summed E-state index contributed by atoms with van der Waals surface area (Å²) in [5, 5.41) is 19.8. The fraction of sp³-hybridized carbons (Fsp3) is 0.643. The van der Waals surface area contributed by atoms with Gasteiger partial charge in [-0.05, 0) is 25.8 Å². The van der Waals surface area contributed by atoms with Crippen molar-refractivity contribution < 1.29 is 10.2 Å². The Kier molecular flexibility index (Phi) is 3.88. The number of anilines is 1. The van der Waals surface area contributed by atoms with E-state index in [0.717, 1.165) is 42.6 Å². The molecule has 18 heavy (non-hydrogen) atoms. The molecule has 1 aromatic heterocycles. The van der Waals surface area contributed by atoms with Crippen molar-refractivity contribution in [2.24, 2.45) is 0 Å². The molecule has 0 atom stereocenters. The number of likely N-dealkylation sites (N-methyl/N-ethyl adjacent to an activating group) is 1. The van der Waals surface area contributed by atoms with Gasteiger partial charge in [0.15, 0.2) is 0 Å². The van der Waals surface area contributed by atoms with Gasteiger partial charge in [-0.1, -0.05) is 12.8 Å². The molecule has 1 aliphatic rings. The van der Waals surface area contributed by atoms with E-state index in [1.165, 1.54) is 0 Å². The summed E-state index contributed by atoms with van der Waals surface area (Å²) >= 11 is 0. The van der Waals surface area contributed by atoms with Crippen LogP contribution in [0.4, 0.5) is 5.69 Å². The van der Waals surface area contributed by atoms with Crippen molar-refractivity contribution in [2.45, 2.75) is 44.8 Å². The number of rotatable bonds is 4. The minimum absolute atomic E-state index is 0.0224. The van der Waals surface area contributed by atoms with Gasteiger partial charge in [0.2, 0.25) is 0 Å². The summed E-state index contributed by atoms with van der Waals surface area (Å²) in [7, 11) is 1.96. The quantitative estimate of drug-likeness (QED) is 0.852. The first-order valence-corrected chi connectivity index (χ1v) is 6.54. The predicted octanol–water partition coefficient (Wildman–Crippen LogP) is 1.62. The maximum absolute atomic E-state index is 10.4. The van der Waals surface area contributed by atoms with Crippen molar-refractivity contribution in [1.82, 2.24) is 4.98 Å². The van der Waals surface area contributed by atoms with Crippen LogP contribution in [-0.4, -0.2) is 34.4 Å². The molecular formula is C14H22N2O2. The highest BCUT2D eigenvalue weighted by molar-refractivity contribution is 5.53. The Labute approximate surface area is 108 Å². The largest absolute Gasteiger partial charge is 0.392 e. The molecule has 2 rings (SSSR count). The lowest BCUT2D eigenvalue weighted by atomic mass is 10.0. The SMILES string of the molecule is Cc1cc(N(C)CC2(O)CCCC2)c(CO)cn1. The van der Waals surface area contributed by atoms with Crippen LogP contribution < -0.4 is 4.90 Å². The Morgan fingerprint density at radius 1 is 1.39 bits per heavy atom. The van der Waals surface area contributed by atoms with E-state index in [9.17, 15) is 10.2 Å². The first-order valence-electron chi connectivity index (χ1n) is 6.54. The number of hydrogen-bond donors (Lipinski definition) is 2. The van der Waals surface area contributed by atoms with Crippen LogP contribution in [-0.2, 0) is 6.61 Å². The molecule has 0 bridgehead atoms. The summed E-state index contributed by atoms with van der Waals surface area (Å²) in [6.07, 6.45) is 5.66. The molecular weight excluding hydrogens is 228 g/mol. The van der Waals surface area contributed by atoms with Crippen LogP contribution in [0, 0.1) is 6.92 Å². The molecule has 4 heteroatoms. The highest BCUT2D eigenvalue weighted by Crippen LogP contribution is 2.32. The lowest BCUT2D eigenvalue weighted by molar-refractivity contribution is 0.0558. The minimum Gasteiger partial charge on any atom is -0.392 e. The van der Waals surface area contributed by atoms with Crippen molar-refractivity contribution in [3.8, 4) is 0 Å². The zero-order chi connectivity index (χ0) is 13.2. The molecule has 1 heterocycles. The molecule has 0 unspecified atom stereocenters. The molecule has 100 valence electrons. The summed E-state index contributed by atoms with van der Waals surface area (Å²) in [5.74, 6) is 0. The van der Waals surface area contributed by atoms with Crippen molar-refractivity contribution in [2.75, 3.05) is 18.5 Å². The van der Waals surface area contributed by atoms with Gasteiger partial charge in [0.25, 0.3) is 0 Å². The van der Waals surface area contributed by atoms with E-state index in [0.29, 0.717) is 6.54 Å². The van der Waals surface area contributed by atoms with Gasteiger partial charge in [-0.15, -0.1) is 0 Å². The van der Waals surface area contributed by atoms with Gasteiger partial charge in [0.1, 0.15) is 0 Å². The van der Waals surface area contributed by atoms with Gasteiger partial charge < -0.3 is 15.1 Å². The molecule has 1 fully saturated rings. The molecule has 2 N–H and O–H groups in total. The first-order chi connectivity index (χ1) is 8.54. The topological polar surface area (TPSA) is 56.6 Å². The number of aryl methyl sites for hydroxylation is 1. The molecule has 0 saturated heterocycles. The summed E-state index contributed by atoms with van der Waals surface area (Å²) in [6.45, 7) is 2.53. The monoisotopic (exact) mass is 250 g/mol. The molecule has 4 nitrogen and oxygen atoms in total. The Morgan fingerprint density at radius 3 is 2.67 bits per heavy atom. The van der Waals surface area contributed by atoms with E-state index >= 15 is 0 Å². The number of aliphatic hydroxyl groups is 2. The van der Waals surface area contributed by atoms with Crippen LogP contribution in [0.15, 0.2) is 12.3 Å². The standard InChI is InChI=1S/C14H22N2O2/c1-11-7-13(12(9-17)8-15-11)16(2)10-14(18)5-3-4-6-14/h7-8,17-18H,3-6,9-10H2,1-2H3. The summed E-state index contributed by atoms with van der Waals surface area (Å²) < 4.78 is 0. The molecule has 1 aliphatic carbocycles. The highest BCUT2D eigenvalue weighted by Gasteiger charge is 2.32. The van der Waals surface area contributed by atoms with Crippen molar-refractivity contribution in [3.05, 3.63) is 23.5 Å².